The number of H-pyrrole nitrogens is 1. The first kappa shape index (κ1) is 22.1. The molecular formula is C24H20N2O8. The minimum atomic E-state index is -1.26. The first-order chi connectivity index (χ1) is 16.4. The van der Waals surface area contributed by atoms with Gasteiger partial charge >= 0.3 is 5.69 Å². The van der Waals surface area contributed by atoms with Gasteiger partial charge in [-0.3, -0.25) is 23.9 Å². The molecule has 0 amide bonds. The van der Waals surface area contributed by atoms with Crippen molar-refractivity contribution < 1.29 is 29.3 Å². The van der Waals surface area contributed by atoms with Gasteiger partial charge in [-0.05, 0) is 17.7 Å². The lowest BCUT2D eigenvalue weighted by molar-refractivity contribution is -0.0797. The van der Waals surface area contributed by atoms with Crippen LogP contribution in [0.5, 0.6) is 0 Å². The van der Waals surface area contributed by atoms with Crippen LogP contribution in [-0.2, 0) is 16.1 Å². The molecule has 2 aliphatic rings. The smallest absolute Gasteiger partial charge is 0.330 e. The summed E-state index contributed by atoms with van der Waals surface area (Å²) in [5, 5.41) is 20.1. The van der Waals surface area contributed by atoms with Gasteiger partial charge in [-0.2, -0.15) is 0 Å². The SMILES string of the molecule is O=C1c2ccccc2C(=O)c2cc(CO[C@@H]3[C@H](O)[C@@H](CO)O[C@H]3n3ccc(=O)[nH]c3=O)ccc21. The molecule has 1 saturated heterocycles. The van der Waals surface area contributed by atoms with Crippen molar-refractivity contribution in [1.29, 1.82) is 0 Å². The first-order valence-electron chi connectivity index (χ1n) is 10.6. The number of hydrogen-bond donors (Lipinski definition) is 3. The Bertz CT molecular complexity index is 1410. The second kappa shape index (κ2) is 8.58. The van der Waals surface area contributed by atoms with Crippen molar-refractivity contribution in [3.8, 4) is 0 Å². The third-order valence-corrected chi connectivity index (χ3v) is 6.05. The van der Waals surface area contributed by atoms with E-state index < -0.39 is 42.4 Å². The lowest BCUT2D eigenvalue weighted by atomic mass is 9.83. The molecule has 0 spiro atoms. The molecule has 0 radical (unpaired) electrons. The average molecular weight is 464 g/mol. The summed E-state index contributed by atoms with van der Waals surface area (Å²) in [6.45, 7) is -0.585. The van der Waals surface area contributed by atoms with E-state index in [2.05, 4.69) is 4.98 Å². The van der Waals surface area contributed by atoms with Gasteiger partial charge in [0, 0.05) is 34.5 Å². The number of rotatable bonds is 5. The fourth-order valence-electron chi connectivity index (χ4n) is 4.33. The molecule has 1 aromatic heterocycles. The fourth-order valence-corrected chi connectivity index (χ4v) is 4.33. The van der Waals surface area contributed by atoms with Crippen molar-refractivity contribution in [3.63, 3.8) is 0 Å². The van der Waals surface area contributed by atoms with E-state index in [9.17, 15) is 29.4 Å². The molecular weight excluding hydrogens is 444 g/mol. The maximum atomic E-state index is 13.0. The van der Waals surface area contributed by atoms with Crippen LogP contribution >= 0.6 is 0 Å². The number of ketones is 2. The van der Waals surface area contributed by atoms with E-state index in [1.165, 1.54) is 6.20 Å². The number of carbonyl (C=O) groups excluding carboxylic acids is 2. The van der Waals surface area contributed by atoms with E-state index in [4.69, 9.17) is 9.47 Å². The Labute approximate surface area is 192 Å². The molecule has 0 unspecified atom stereocenters. The summed E-state index contributed by atoms with van der Waals surface area (Å²) in [5.41, 5.74) is 0.468. The molecule has 10 nitrogen and oxygen atoms in total. The zero-order chi connectivity index (χ0) is 24.0. The van der Waals surface area contributed by atoms with Gasteiger partial charge in [0.25, 0.3) is 5.56 Å². The third kappa shape index (κ3) is 3.62. The van der Waals surface area contributed by atoms with Gasteiger partial charge in [0.1, 0.15) is 18.3 Å². The lowest BCUT2D eigenvalue weighted by Gasteiger charge is -2.23. The number of fused-ring (bicyclic) bond motifs is 2. The molecule has 174 valence electrons. The summed E-state index contributed by atoms with van der Waals surface area (Å²) in [6.07, 6.45) is -3.22. The molecule has 0 bridgehead atoms. The summed E-state index contributed by atoms with van der Waals surface area (Å²) < 4.78 is 12.5. The highest BCUT2D eigenvalue weighted by atomic mass is 16.6. The Morgan fingerprint density at radius 2 is 1.62 bits per heavy atom. The zero-order valence-electron chi connectivity index (χ0n) is 17.7. The van der Waals surface area contributed by atoms with E-state index in [-0.39, 0.29) is 23.7 Å². The van der Waals surface area contributed by atoms with Crippen LogP contribution in [-0.4, -0.2) is 56.2 Å². The van der Waals surface area contributed by atoms with Crippen LogP contribution in [0, 0.1) is 0 Å². The maximum Gasteiger partial charge on any atom is 0.330 e. The van der Waals surface area contributed by atoms with Crippen LogP contribution in [0.25, 0.3) is 0 Å². The molecule has 2 heterocycles. The number of aliphatic hydroxyl groups is 2. The Morgan fingerprint density at radius 1 is 0.941 bits per heavy atom. The number of nitrogens with zero attached hydrogens (tertiary/aromatic N) is 1. The summed E-state index contributed by atoms with van der Waals surface area (Å²) in [5.74, 6) is -0.505. The Balaban J connectivity index is 1.41. The molecule has 3 aromatic rings. The highest BCUT2D eigenvalue weighted by molar-refractivity contribution is 6.28. The Morgan fingerprint density at radius 3 is 2.29 bits per heavy atom. The van der Waals surface area contributed by atoms with Gasteiger partial charge in [-0.15, -0.1) is 0 Å². The predicted octanol–water partition coefficient (Wildman–Crippen LogP) is 0.148. The van der Waals surface area contributed by atoms with Crippen molar-refractivity contribution in [2.45, 2.75) is 31.1 Å². The van der Waals surface area contributed by atoms with Crippen molar-refractivity contribution in [2.24, 2.45) is 0 Å². The lowest BCUT2D eigenvalue weighted by Crippen LogP contribution is -2.39. The topological polar surface area (TPSA) is 148 Å². The van der Waals surface area contributed by atoms with Crippen molar-refractivity contribution in [2.75, 3.05) is 6.61 Å². The van der Waals surface area contributed by atoms with Gasteiger partial charge in [0.05, 0.1) is 13.2 Å². The van der Waals surface area contributed by atoms with E-state index in [0.29, 0.717) is 22.3 Å². The van der Waals surface area contributed by atoms with E-state index in [1.54, 1.807) is 42.5 Å². The molecule has 2 aromatic carbocycles. The van der Waals surface area contributed by atoms with Gasteiger partial charge < -0.3 is 19.7 Å². The largest absolute Gasteiger partial charge is 0.394 e. The first-order valence-corrected chi connectivity index (χ1v) is 10.6. The number of nitrogens with one attached hydrogen (secondary N) is 1. The second-order valence-corrected chi connectivity index (χ2v) is 8.12. The van der Waals surface area contributed by atoms with Crippen molar-refractivity contribution in [1.82, 2.24) is 9.55 Å². The molecule has 0 saturated carbocycles. The molecule has 34 heavy (non-hydrogen) atoms. The number of benzene rings is 2. The molecule has 5 rings (SSSR count). The van der Waals surface area contributed by atoms with E-state index >= 15 is 0 Å². The molecule has 4 atom stereocenters. The van der Waals surface area contributed by atoms with Crippen LogP contribution in [0.1, 0.15) is 43.6 Å². The van der Waals surface area contributed by atoms with Crippen LogP contribution in [0.3, 0.4) is 0 Å². The molecule has 10 heteroatoms. The van der Waals surface area contributed by atoms with Gasteiger partial charge in [-0.25, -0.2) is 4.79 Å². The second-order valence-electron chi connectivity index (χ2n) is 8.12. The van der Waals surface area contributed by atoms with Gasteiger partial charge in [-0.1, -0.05) is 30.3 Å². The molecule has 1 aliphatic carbocycles. The predicted molar refractivity (Wildman–Crippen MR) is 117 cm³/mol. The zero-order valence-corrected chi connectivity index (χ0v) is 17.7. The normalized spacial score (nSPS) is 23.6. The number of ether oxygens (including phenoxy) is 2. The summed E-state index contributed by atoms with van der Waals surface area (Å²) in [6, 6.07) is 12.5. The Kier molecular flexibility index (Phi) is 5.58. The monoisotopic (exact) mass is 464 g/mol. The number of hydrogen-bond acceptors (Lipinski definition) is 8. The van der Waals surface area contributed by atoms with Crippen molar-refractivity contribution >= 4 is 11.6 Å². The van der Waals surface area contributed by atoms with Gasteiger partial charge in [0.15, 0.2) is 17.8 Å². The Hall–Kier alpha value is -3.70. The molecule has 1 fully saturated rings. The van der Waals surface area contributed by atoms with Crippen LogP contribution in [0.4, 0.5) is 0 Å². The summed E-state index contributed by atoms with van der Waals surface area (Å²) in [7, 11) is 0. The quantitative estimate of drug-likeness (QED) is 0.378. The minimum Gasteiger partial charge on any atom is -0.394 e. The highest BCUT2D eigenvalue weighted by Crippen LogP contribution is 2.32. The maximum absolute atomic E-state index is 13.0. The van der Waals surface area contributed by atoms with Gasteiger partial charge in [0.2, 0.25) is 0 Å². The third-order valence-electron chi connectivity index (χ3n) is 6.05. The summed E-state index contributed by atoms with van der Waals surface area (Å²) in [4.78, 5) is 51.5. The summed E-state index contributed by atoms with van der Waals surface area (Å²) >= 11 is 0. The van der Waals surface area contributed by atoms with Crippen LogP contribution in [0.2, 0.25) is 0 Å². The standard InChI is InChI=1S/C24H20N2O8/c27-10-17-21(31)22(23(34-17)26-8-7-18(28)25-24(26)32)33-11-12-5-6-15-16(9-12)20(30)14-4-2-1-3-13(14)19(15)29/h1-9,17,21-23,27,31H,10-11H2,(H,25,28,32)/t17-,21-,22-,23-/m1/s1. The number of aromatic amines is 1. The fraction of sp³-hybridized carbons (Fsp3) is 0.250. The van der Waals surface area contributed by atoms with Crippen molar-refractivity contribution in [3.05, 3.63) is 103 Å². The van der Waals surface area contributed by atoms with Crippen LogP contribution in [0.15, 0.2) is 64.3 Å². The molecule has 1 aliphatic heterocycles. The number of aromatic nitrogens is 2. The van der Waals surface area contributed by atoms with Crippen LogP contribution < -0.4 is 11.2 Å². The van der Waals surface area contributed by atoms with E-state index in [1.807, 2.05) is 0 Å². The molecule has 3 N–H and O–H groups in total. The minimum absolute atomic E-state index is 0.0752. The number of aliphatic hydroxyl groups excluding tert-OH is 2. The average Bonchev–Trinajstić information content (AvgIpc) is 3.16. The van der Waals surface area contributed by atoms with E-state index in [0.717, 1.165) is 10.6 Å². The highest BCUT2D eigenvalue weighted by Gasteiger charge is 2.45. The number of carbonyl (C=O) groups is 2.